The van der Waals surface area contributed by atoms with Crippen molar-refractivity contribution in [1.82, 2.24) is 4.90 Å². The number of hydrogen-bond acceptors (Lipinski definition) is 3. The van der Waals surface area contributed by atoms with Gasteiger partial charge in [-0.1, -0.05) is 53.0 Å². The van der Waals surface area contributed by atoms with Gasteiger partial charge in [-0.15, -0.1) is 0 Å². The second-order valence-electron chi connectivity index (χ2n) is 6.65. The van der Waals surface area contributed by atoms with Gasteiger partial charge in [-0.25, -0.2) is 8.42 Å². The van der Waals surface area contributed by atoms with Crippen LogP contribution >= 0.6 is 34.8 Å². The predicted octanol–water partition coefficient (Wildman–Crippen LogP) is 4.88. The van der Waals surface area contributed by atoms with Crippen molar-refractivity contribution in [3.8, 4) is 0 Å². The fourth-order valence-corrected chi connectivity index (χ4v) is 5.55. The Morgan fingerprint density at radius 3 is 2.50 bits per heavy atom. The minimum atomic E-state index is -3.13. The Kier molecular flexibility index (Phi) is 6.71. The van der Waals surface area contributed by atoms with E-state index in [4.69, 9.17) is 34.8 Å². The first-order chi connectivity index (χ1) is 13.2. The normalized spacial score (nSPS) is 18.5. The van der Waals surface area contributed by atoms with E-state index in [9.17, 15) is 13.2 Å². The van der Waals surface area contributed by atoms with Gasteiger partial charge in [0.25, 0.3) is 0 Å². The number of benzene rings is 2. The molecular weight excluding hydrogens is 441 g/mol. The van der Waals surface area contributed by atoms with Gasteiger partial charge < -0.3 is 4.90 Å². The molecule has 4 nitrogen and oxygen atoms in total. The average molecular weight is 459 g/mol. The summed E-state index contributed by atoms with van der Waals surface area (Å²) in [6, 6.07) is 11.8. The fraction of sp³-hybridized carbons (Fsp3) is 0.250. The summed E-state index contributed by atoms with van der Waals surface area (Å²) in [6.45, 7) is 0.276. The molecule has 0 radical (unpaired) electrons. The molecule has 1 atom stereocenters. The molecule has 2 aromatic carbocycles. The van der Waals surface area contributed by atoms with Crippen molar-refractivity contribution >= 4 is 56.6 Å². The summed E-state index contributed by atoms with van der Waals surface area (Å²) in [6.07, 6.45) is 3.43. The smallest absolute Gasteiger partial charge is 0.247 e. The van der Waals surface area contributed by atoms with E-state index in [1.807, 2.05) is 6.07 Å². The van der Waals surface area contributed by atoms with Gasteiger partial charge >= 0.3 is 0 Å². The Labute approximate surface area is 179 Å². The van der Waals surface area contributed by atoms with Crippen LogP contribution < -0.4 is 0 Å². The second-order valence-corrected chi connectivity index (χ2v) is 10.2. The summed E-state index contributed by atoms with van der Waals surface area (Å²) in [5, 5.41) is 1.50. The van der Waals surface area contributed by atoms with E-state index in [-0.39, 0.29) is 30.0 Å². The van der Waals surface area contributed by atoms with E-state index in [2.05, 4.69) is 0 Å². The van der Waals surface area contributed by atoms with E-state index in [1.165, 1.54) is 6.08 Å². The number of sulfone groups is 1. The highest BCUT2D eigenvalue weighted by Crippen LogP contribution is 2.24. The van der Waals surface area contributed by atoms with Crippen molar-refractivity contribution < 1.29 is 13.2 Å². The Balaban J connectivity index is 1.84. The molecule has 0 aromatic heterocycles. The highest BCUT2D eigenvalue weighted by molar-refractivity contribution is 7.91. The van der Waals surface area contributed by atoms with E-state index in [0.717, 1.165) is 5.56 Å². The number of carbonyl (C=O) groups is 1. The van der Waals surface area contributed by atoms with Crippen molar-refractivity contribution in [3.63, 3.8) is 0 Å². The molecule has 8 heteroatoms. The molecule has 1 saturated heterocycles. The number of rotatable bonds is 5. The van der Waals surface area contributed by atoms with Crippen LogP contribution in [-0.2, 0) is 21.2 Å². The largest absolute Gasteiger partial charge is 0.331 e. The monoisotopic (exact) mass is 457 g/mol. The van der Waals surface area contributed by atoms with Crippen LogP contribution in [0.3, 0.4) is 0 Å². The molecule has 0 aliphatic carbocycles. The van der Waals surface area contributed by atoms with Crippen LogP contribution in [0, 0.1) is 0 Å². The third-order valence-electron chi connectivity index (χ3n) is 4.54. The second kappa shape index (κ2) is 8.87. The number of amides is 1. The fourth-order valence-electron chi connectivity index (χ4n) is 3.13. The zero-order chi connectivity index (χ0) is 20.3. The third-order valence-corrected chi connectivity index (χ3v) is 7.09. The number of carbonyl (C=O) groups excluding carboxylic acids is 1. The van der Waals surface area contributed by atoms with Gasteiger partial charge in [0, 0.05) is 33.7 Å². The summed E-state index contributed by atoms with van der Waals surface area (Å²) < 4.78 is 23.8. The Morgan fingerprint density at radius 1 is 1.11 bits per heavy atom. The van der Waals surface area contributed by atoms with Crippen LogP contribution in [0.15, 0.2) is 48.5 Å². The van der Waals surface area contributed by atoms with Crippen molar-refractivity contribution in [1.29, 1.82) is 0 Å². The lowest BCUT2D eigenvalue weighted by molar-refractivity contribution is -0.128. The topological polar surface area (TPSA) is 54.5 Å². The highest BCUT2D eigenvalue weighted by atomic mass is 35.5. The minimum absolute atomic E-state index is 0.0329. The van der Waals surface area contributed by atoms with E-state index in [0.29, 0.717) is 27.1 Å². The third kappa shape index (κ3) is 5.51. The first-order valence-electron chi connectivity index (χ1n) is 8.62. The van der Waals surface area contributed by atoms with Crippen molar-refractivity contribution in [2.75, 3.05) is 11.5 Å². The number of halogens is 3. The van der Waals surface area contributed by atoms with E-state index in [1.54, 1.807) is 47.4 Å². The number of nitrogens with zero attached hydrogens (tertiary/aromatic N) is 1. The van der Waals surface area contributed by atoms with Crippen LogP contribution in [0.5, 0.6) is 0 Å². The first kappa shape index (κ1) is 21.2. The zero-order valence-corrected chi connectivity index (χ0v) is 17.9. The molecule has 28 heavy (non-hydrogen) atoms. The quantitative estimate of drug-likeness (QED) is 0.600. The molecule has 2 aromatic rings. The molecule has 0 saturated carbocycles. The van der Waals surface area contributed by atoms with Gasteiger partial charge in [0.1, 0.15) is 0 Å². The summed E-state index contributed by atoms with van der Waals surface area (Å²) in [4.78, 5) is 14.5. The predicted molar refractivity (Wildman–Crippen MR) is 115 cm³/mol. The highest BCUT2D eigenvalue weighted by Gasteiger charge is 2.34. The van der Waals surface area contributed by atoms with Gasteiger partial charge in [0.15, 0.2) is 9.84 Å². The van der Waals surface area contributed by atoms with Gasteiger partial charge in [-0.2, -0.15) is 0 Å². The van der Waals surface area contributed by atoms with Crippen LogP contribution in [0.4, 0.5) is 0 Å². The maximum atomic E-state index is 12.9. The minimum Gasteiger partial charge on any atom is -0.331 e. The SMILES string of the molecule is O=C(/C=C/c1ccc(Cl)cc1Cl)N(Cc1cccc(Cl)c1)C1CCS(=O)(=O)C1. The molecule has 0 N–H and O–H groups in total. The molecule has 1 unspecified atom stereocenters. The summed E-state index contributed by atoms with van der Waals surface area (Å²) in [5.41, 5.74) is 1.49. The molecule has 3 rings (SSSR count). The maximum absolute atomic E-state index is 12.9. The van der Waals surface area contributed by atoms with Gasteiger partial charge in [0.05, 0.1) is 11.5 Å². The van der Waals surface area contributed by atoms with Crippen LogP contribution in [0.1, 0.15) is 17.5 Å². The van der Waals surface area contributed by atoms with Crippen LogP contribution in [0.25, 0.3) is 6.08 Å². The summed E-state index contributed by atoms with van der Waals surface area (Å²) >= 11 is 18.1. The Hall–Kier alpha value is -1.53. The van der Waals surface area contributed by atoms with Crippen molar-refractivity contribution in [2.24, 2.45) is 0 Å². The van der Waals surface area contributed by atoms with E-state index < -0.39 is 9.84 Å². The Bertz CT molecular complexity index is 1020. The lowest BCUT2D eigenvalue weighted by atomic mass is 10.1. The standard InChI is InChI=1S/C20H18Cl3NO3S/c21-16-3-1-2-14(10-16)12-24(18-8-9-28(26,27)13-18)20(25)7-5-15-4-6-17(22)11-19(15)23/h1-7,10-11,18H,8-9,12-13H2/b7-5+. The van der Waals surface area contributed by atoms with Crippen LogP contribution in [-0.4, -0.2) is 36.8 Å². The zero-order valence-electron chi connectivity index (χ0n) is 14.8. The van der Waals surface area contributed by atoms with Gasteiger partial charge in [-0.05, 0) is 47.9 Å². The van der Waals surface area contributed by atoms with Gasteiger partial charge in [0.2, 0.25) is 5.91 Å². The van der Waals surface area contributed by atoms with Crippen LogP contribution in [0.2, 0.25) is 15.1 Å². The molecule has 0 spiro atoms. The van der Waals surface area contributed by atoms with E-state index >= 15 is 0 Å². The molecular formula is C20H18Cl3NO3S. The average Bonchev–Trinajstić information content (AvgIpc) is 2.98. The van der Waals surface area contributed by atoms with Crippen molar-refractivity contribution in [2.45, 2.75) is 19.0 Å². The molecule has 1 aliphatic rings. The molecule has 1 amide bonds. The summed E-state index contributed by atoms with van der Waals surface area (Å²) in [7, 11) is -3.13. The number of hydrogen-bond donors (Lipinski definition) is 0. The lowest BCUT2D eigenvalue weighted by Crippen LogP contribution is -2.39. The molecule has 148 valence electrons. The lowest BCUT2D eigenvalue weighted by Gasteiger charge is -2.27. The molecule has 0 bridgehead atoms. The van der Waals surface area contributed by atoms with Gasteiger partial charge in [-0.3, -0.25) is 4.79 Å². The molecule has 1 heterocycles. The Morgan fingerprint density at radius 2 is 1.86 bits per heavy atom. The molecule has 1 fully saturated rings. The van der Waals surface area contributed by atoms with Crippen molar-refractivity contribution in [3.05, 3.63) is 74.7 Å². The maximum Gasteiger partial charge on any atom is 0.247 e. The summed E-state index contributed by atoms with van der Waals surface area (Å²) in [5.74, 6) is -0.230. The first-order valence-corrected chi connectivity index (χ1v) is 11.6. The molecule has 1 aliphatic heterocycles.